The Morgan fingerprint density at radius 3 is 2.71 bits per heavy atom. The third-order valence-corrected chi connectivity index (χ3v) is 5.87. The number of ketones is 1. The van der Waals surface area contributed by atoms with E-state index in [0.717, 1.165) is 21.4 Å². The molecule has 1 aromatic heterocycles. The number of ether oxygens (including phenoxy) is 1. The minimum absolute atomic E-state index is 0.110. The highest BCUT2D eigenvalue weighted by molar-refractivity contribution is 9.10. The Bertz CT molecular complexity index is 934. The molecule has 2 heterocycles. The molecule has 0 radical (unpaired) electrons. The SMILES string of the molecule is Cn1c(C(=O)Cc2cccc(Br)c2Cl)nc2c1CCN(C(=O)OC(C)(C)C)C2. The second-order valence-corrected chi connectivity index (χ2v) is 9.08. The number of imidazole rings is 1. The number of halogens is 2. The molecule has 1 aromatic carbocycles. The molecule has 0 N–H and O–H groups in total. The van der Waals surface area contributed by atoms with Crippen LogP contribution >= 0.6 is 27.5 Å². The Kier molecular flexibility index (Phi) is 5.87. The lowest BCUT2D eigenvalue weighted by Crippen LogP contribution is -2.40. The van der Waals surface area contributed by atoms with Crippen LogP contribution in [0.25, 0.3) is 0 Å². The van der Waals surface area contributed by atoms with Gasteiger partial charge in [0.05, 0.1) is 17.3 Å². The monoisotopic (exact) mass is 467 g/mol. The standard InChI is InChI=1S/C20H23BrClN3O3/c1-20(2,3)28-19(27)25-9-8-15-14(11-25)23-18(24(15)4)16(26)10-12-6-5-7-13(21)17(12)22/h5-7H,8-11H2,1-4H3. The maximum absolute atomic E-state index is 12.9. The number of Topliss-reactive ketones (excluding diaryl/α,β-unsaturated/α-hetero) is 1. The molecular weight excluding hydrogens is 446 g/mol. The van der Waals surface area contributed by atoms with E-state index in [9.17, 15) is 9.59 Å². The highest BCUT2D eigenvalue weighted by atomic mass is 79.9. The number of benzene rings is 1. The third-order valence-electron chi connectivity index (χ3n) is 4.54. The van der Waals surface area contributed by atoms with E-state index in [1.54, 1.807) is 4.90 Å². The second-order valence-electron chi connectivity index (χ2n) is 7.85. The molecule has 150 valence electrons. The maximum atomic E-state index is 12.9. The van der Waals surface area contributed by atoms with E-state index in [1.165, 1.54) is 0 Å². The van der Waals surface area contributed by atoms with Gasteiger partial charge in [-0.05, 0) is 48.3 Å². The Balaban J connectivity index is 1.78. The zero-order chi connectivity index (χ0) is 20.6. The van der Waals surface area contributed by atoms with Crippen molar-refractivity contribution < 1.29 is 14.3 Å². The quantitative estimate of drug-likeness (QED) is 0.620. The van der Waals surface area contributed by atoms with Crippen molar-refractivity contribution in [2.45, 2.75) is 45.8 Å². The second kappa shape index (κ2) is 7.87. The van der Waals surface area contributed by atoms with Gasteiger partial charge in [-0.25, -0.2) is 9.78 Å². The van der Waals surface area contributed by atoms with Crippen molar-refractivity contribution in [3.63, 3.8) is 0 Å². The number of nitrogens with zero attached hydrogens (tertiary/aromatic N) is 3. The van der Waals surface area contributed by atoms with Crippen molar-refractivity contribution in [3.05, 3.63) is 50.5 Å². The van der Waals surface area contributed by atoms with E-state index in [4.69, 9.17) is 16.3 Å². The normalized spacial score (nSPS) is 14.0. The van der Waals surface area contributed by atoms with Crippen LogP contribution in [0.5, 0.6) is 0 Å². The molecule has 1 aliphatic heterocycles. The maximum Gasteiger partial charge on any atom is 0.410 e. The molecule has 0 spiro atoms. The summed E-state index contributed by atoms with van der Waals surface area (Å²) in [7, 11) is 1.84. The van der Waals surface area contributed by atoms with E-state index in [0.29, 0.717) is 30.4 Å². The average Bonchev–Trinajstić information content (AvgIpc) is 2.94. The minimum atomic E-state index is -0.550. The summed E-state index contributed by atoms with van der Waals surface area (Å²) in [6.45, 7) is 6.39. The number of rotatable bonds is 3. The number of carbonyl (C=O) groups is 2. The van der Waals surface area contributed by atoms with Crippen LogP contribution < -0.4 is 0 Å². The van der Waals surface area contributed by atoms with Crippen LogP contribution in [0.4, 0.5) is 4.79 Å². The van der Waals surface area contributed by atoms with Gasteiger partial charge in [0.15, 0.2) is 5.82 Å². The molecule has 2 aromatic rings. The fraction of sp³-hybridized carbons (Fsp3) is 0.450. The molecule has 1 amide bonds. The number of amides is 1. The molecule has 0 unspecified atom stereocenters. The number of carbonyl (C=O) groups excluding carboxylic acids is 2. The van der Waals surface area contributed by atoms with Gasteiger partial charge in [-0.2, -0.15) is 0 Å². The van der Waals surface area contributed by atoms with Crippen molar-refractivity contribution in [2.24, 2.45) is 7.05 Å². The molecule has 0 saturated carbocycles. The lowest BCUT2D eigenvalue weighted by Gasteiger charge is -2.29. The number of hydrogen-bond donors (Lipinski definition) is 0. The van der Waals surface area contributed by atoms with Crippen LogP contribution in [0.1, 0.15) is 48.3 Å². The molecule has 0 saturated heterocycles. The van der Waals surface area contributed by atoms with E-state index in [-0.39, 0.29) is 18.3 Å². The summed E-state index contributed by atoms with van der Waals surface area (Å²) in [5.41, 5.74) is 1.91. The lowest BCUT2D eigenvalue weighted by molar-refractivity contribution is 0.0220. The van der Waals surface area contributed by atoms with Gasteiger partial charge in [0.25, 0.3) is 0 Å². The topological polar surface area (TPSA) is 64.4 Å². The summed E-state index contributed by atoms with van der Waals surface area (Å²) in [4.78, 5) is 31.4. The van der Waals surface area contributed by atoms with Crippen LogP contribution in [0, 0.1) is 0 Å². The Labute approximate surface area is 178 Å². The summed E-state index contributed by atoms with van der Waals surface area (Å²) in [5.74, 6) is 0.271. The van der Waals surface area contributed by atoms with E-state index in [2.05, 4.69) is 20.9 Å². The van der Waals surface area contributed by atoms with Gasteiger partial charge in [0.1, 0.15) is 5.60 Å². The van der Waals surface area contributed by atoms with Gasteiger partial charge in [0, 0.05) is 36.6 Å². The first-order valence-electron chi connectivity index (χ1n) is 9.05. The smallest absolute Gasteiger partial charge is 0.410 e. The Hall–Kier alpha value is -1.86. The highest BCUT2D eigenvalue weighted by Gasteiger charge is 2.30. The van der Waals surface area contributed by atoms with Crippen molar-refractivity contribution in [3.8, 4) is 0 Å². The highest BCUT2D eigenvalue weighted by Crippen LogP contribution is 2.28. The summed E-state index contributed by atoms with van der Waals surface area (Å²) in [6, 6.07) is 5.51. The van der Waals surface area contributed by atoms with Gasteiger partial charge >= 0.3 is 6.09 Å². The molecule has 8 heteroatoms. The summed E-state index contributed by atoms with van der Waals surface area (Å²) < 4.78 is 8.03. The largest absolute Gasteiger partial charge is 0.444 e. The Morgan fingerprint density at radius 1 is 1.32 bits per heavy atom. The molecule has 0 atom stereocenters. The van der Waals surface area contributed by atoms with Gasteiger partial charge in [-0.15, -0.1) is 0 Å². The molecule has 28 heavy (non-hydrogen) atoms. The van der Waals surface area contributed by atoms with Crippen molar-refractivity contribution in [2.75, 3.05) is 6.54 Å². The Morgan fingerprint density at radius 2 is 2.04 bits per heavy atom. The number of hydrogen-bond acceptors (Lipinski definition) is 4. The molecule has 6 nitrogen and oxygen atoms in total. The lowest BCUT2D eigenvalue weighted by atomic mass is 10.1. The number of aromatic nitrogens is 2. The van der Waals surface area contributed by atoms with Gasteiger partial charge in [0.2, 0.25) is 5.78 Å². The van der Waals surface area contributed by atoms with Gasteiger partial charge in [-0.3, -0.25) is 4.79 Å². The molecule has 1 aliphatic rings. The van der Waals surface area contributed by atoms with Crippen LogP contribution in [0.2, 0.25) is 5.02 Å². The fourth-order valence-corrected chi connectivity index (χ4v) is 3.80. The van der Waals surface area contributed by atoms with Crippen LogP contribution in [0.3, 0.4) is 0 Å². The van der Waals surface area contributed by atoms with E-state index in [1.807, 2.05) is 50.6 Å². The molecule has 0 aliphatic carbocycles. The predicted octanol–water partition coefficient (Wildman–Crippen LogP) is 4.55. The van der Waals surface area contributed by atoms with Gasteiger partial charge < -0.3 is 14.2 Å². The predicted molar refractivity (Wildman–Crippen MR) is 111 cm³/mol. The minimum Gasteiger partial charge on any atom is -0.444 e. The first kappa shape index (κ1) is 20.9. The van der Waals surface area contributed by atoms with Gasteiger partial charge in [-0.1, -0.05) is 23.7 Å². The fourth-order valence-electron chi connectivity index (χ4n) is 3.20. The summed E-state index contributed by atoms with van der Waals surface area (Å²) in [5, 5.41) is 0.533. The van der Waals surface area contributed by atoms with E-state index >= 15 is 0 Å². The molecule has 0 bridgehead atoms. The molecular formula is C20H23BrClN3O3. The van der Waals surface area contributed by atoms with Crippen molar-refractivity contribution in [1.29, 1.82) is 0 Å². The molecule has 0 fully saturated rings. The number of fused-ring (bicyclic) bond motifs is 1. The van der Waals surface area contributed by atoms with Crippen LogP contribution in [0.15, 0.2) is 22.7 Å². The van der Waals surface area contributed by atoms with Crippen LogP contribution in [-0.2, 0) is 31.2 Å². The average molecular weight is 469 g/mol. The molecule has 3 rings (SSSR count). The summed E-state index contributed by atoms with van der Waals surface area (Å²) in [6.07, 6.45) is 0.429. The van der Waals surface area contributed by atoms with Crippen LogP contribution in [-0.4, -0.2) is 38.5 Å². The van der Waals surface area contributed by atoms with E-state index < -0.39 is 5.60 Å². The summed E-state index contributed by atoms with van der Waals surface area (Å²) >= 11 is 9.67. The zero-order valence-electron chi connectivity index (χ0n) is 16.4. The first-order chi connectivity index (χ1) is 13.1. The van der Waals surface area contributed by atoms with Crippen molar-refractivity contribution in [1.82, 2.24) is 14.5 Å². The third kappa shape index (κ3) is 4.41. The zero-order valence-corrected chi connectivity index (χ0v) is 18.7. The van der Waals surface area contributed by atoms with Crippen molar-refractivity contribution >= 4 is 39.4 Å². The first-order valence-corrected chi connectivity index (χ1v) is 10.2.